The number of hydrogen-bond acceptors (Lipinski definition) is 7. The molecule has 0 amide bonds. The zero-order valence-electron chi connectivity index (χ0n) is 19.0. The Balaban J connectivity index is 1.25. The minimum Gasteiger partial charge on any atom is -0.492 e. The van der Waals surface area contributed by atoms with Gasteiger partial charge >= 0.3 is 0 Å². The molecule has 1 atom stereocenters. The third-order valence-electron chi connectivity index (χ3n) is 5.85. The average Bonchev–Trinajstić information content (AvgIpc) is 3.01. The van der Waals surface area contributed by atoms with Gasteiger partial charge in [0.2, 0.25) is 0 Å². The number of nitrogens with zero attached hydrogens (tertiary/aromatic N) is 2. The van der Waals surface area contributed by atoms with Crippen LogP contribution in [-0.4, -0.2) is 92.9 Å². The van der Waals surface area contributed by atoms with Crippen LogP contribution < -0.4 is 9.47 Å². The average molecular weight is 477 g/mol. The number of halogens is 1. The summed E-state index contributed by atoms with van der Waals surface area (Å²) in [7, 11) is 0. The standard InChI is InChI=1S/C25H33ClN2O5/c26-22-2-1-3-24(16-22)33-20-25(29)18-28(10-14-31-19-25)17-21-4-6-23(7-5-21)32-15-11-27-8-12-30-13-9-27/h1-7,16,29H,8-15,17-20H2. The van der Waals surface area contributed by atoms with Crippen molar-refractivity contribution in [1.29, 1.82) is 0 Å². The van der Waals surface area contributed by atoms with Gasteiger partial charge < -0.3 is 24.1 Å². The molecule has 8 heteroatoms. The molecule has 180 valence electrons. The largest absolute Gasteiger partial charge is 0.492 e. The van der Waals surface area contributed by atoms with E-state index in [0.29, 0.717) is 30.5 Å². The molecule has 1 N–H and O–H groups in total. The summed E-state index contributed by atoms with van der Waals surface area (Å²) in [5.74, 6) is 1.51. The van der Waals surface area contributed by atoms with Crippen molar-refractivity contribution >= 4 is 11.6 Å². The van der Waals surface area contributed by atoms with Gasteiger partial charge in [0.25, 0.3) is 0 Å². The minimum atomic E-state index is -1.10. The lowest BCUT2D eigenvalue weighted by atomic mass is 10.1. The number of aliphatic hydroxyl groups is 1. The maximum Gasteiger partial charge on any atom is 0.134 e. The van der Waals surface area contributed by atoms with Gasteiger partial charge in [0.05, 0.1) is 26.4 Å². The molecule has 2 aliphatic rings. The topological polar surface area (TPSA) is 63.6 Å². The van der Waals surface area contributed by atoms with Crippen LogP contribution >= 0.6 is 11.6 Å². The Morgan fingerprint density at radius 1 is 0.909 bits per heavy atom. The van der Waals surface area contributed by atoms with Crippen LogP contribution in [0.2, 0.25) is 5.02 Å². The third-order valence-corrected chi connectivity index (χ3v) is 6.09. The molecular weight excluding hydrogens is 444 g/mol. The van der Waals surface area contributed by atoms with E-state index in [1.54, 1.807) is 12.1 Å². The molecule has 0 aromatic heterocycles. The van der Waals surface area contributed by atoms with Crippen LogP contribution in [0.25, 0.3) is 0 Å². The summed E-state index contributed by atoms with van der Waals surface area (Å²) in [6, 6.07) is 15.4. The van der Waals surface area contributed by atoms with Crippen molar-refractivity contribution in [3.63, 3.8) is 0 Å². The van der Waals surface area contributed by atoms with E-state index in [-0.39, 0.29) is 13.2 Å². The first-order valence-corrected chi connectivity index (χ1v) is 11.9. The molecule has 4 rings (SSSR count). The van der Waals surface area contributed by atoms with Gasteiger partial charge in [-0.2, -0.15) is 0 Å². The Morgan fingerprint density at radius 2 is 1.67 bits per heavy atom. The summed E-state index contributed by atoms with van der Waals surface area (Å²) >= 11 is 6.02. The molecule has 0 aliphatic carbocycles. The van der Waals surface area contributed by atoms with Crippen molar-refractivity contribution in [1.82, 2.24) is 9.80 Å². The van der Waals surface area contributed by atoms with Crippen LogP contribution in [0, 0.1) is 0 Å². The highest BCUT2D eigenvalue weighted by Gasteiger charge is 2.33. The molecule has 2 heterocycles. The Hall–Kier alpha value is -1.87. The zero-order chi connectivity index (χ0) is 22.9. The van der Waals surface area contributed by atoms with E-state index in [9.17, 15) is 5.11 Å². The second-order valence-electron chi connectivity index (χ2n) is 8.68. The highest BCUT2D eigenvalue weighted by atomic mass is 35.5. The lowest BCUT2D eigenvalue weighted by Gasteiger charge is -2.30. The van der Waals surface area contributed by atoms with Crippen molar-refractivity contribution in [2.75, 3.05) is 72.4 Å². The Bertz CT molecular complexity index is 862. The molecule has 1 unspecified atom stereocenters. The quantitative estimate of drug-likeness (QED) is 0.597. The Morgan fingerprint density at radius 3 is 2.45 bits per heavy atom. The van der Waals surface area contributed by atoms with Gasteiger partial charge in [-0.05, 0) is 35.9 Å². The Labute approximate surface area is 200 Å². The summed E-state index contributed by atoms with van der Waals surface area (Å²) in [5, 5.41) is 11.7. The molecule has 2 aromatic carbocycles. The molecule has 7 nitrogen and oxygen atoms in total. The fraction of sp³-hybridized carbons (Fsp3) is 0.520. The van der Waals surface area contributed by atoms with Crippen molar-refractivity contribution in [3.05, 3.63) is 59.1 Å². The van der Waals surface area contributed by atoms with Crippen molar-refractivity contribution in [2.45, 2.75) is 12.1 Å². The van der Waals surface area contributed by atoms with Crippen LogP contribution in [0.15, 0.2) is 48.5 Å². The first-order valence-electron chi connectivity index (χ1n) is 11.5. The number of morpholine rings is 1. The van der Waals surface area contributed by atoms with E-state index in [2.05, 4.69) is 21.9 Å². The number of benzene rings is 2. The molecule has 0 saturated carbocycles. The fourth-order valence-electron chi connectivity index (χ4n) is 4.06. The third kappa shape index (κ3) is 7.84. The van der Waals surface area contributed by atoms with Gasteiger partial charge in [-0.3, -0.25) is 9.80 Å². The Kier molecular flexibility index (Phi) is 8.83. The second kappa shape index (κ2) is 12.0. The van der Waals surface area contributed by atoms with Crippen molar-refractivity contribution < 1.29 is 24.1 Å². The smallest absolute Gasteiger partial charge is 0.134 e. The number of β-amino-alcohol motifs (C(OH)–C–C–N with tert-alkyl or cyclic N) is 1. The van der Waals surface area contributed by atoms with Crippen LogP contribution in [0.3, 0.4) is 0 Å². The van der Waals surface area contributed by atoms with Crippen LogP contribution in [-0.2, 0) is 16.0 Å². The van der Waals surface area contributed by atoms with Gasteiger partial charge in [-0.1, -0.05) is 29.8 Å². The van der Waals surface area contributed by atoms with E-state index in [1.165, 1.54) is 0 Å². The molecular formula is C25H33ClN2O5. The maximum atomic E-state index is 11.1. The minimum absolute atomic E-state index is 0.139. The summed E-state index contributed by atoms with van der Waals surface area (Å²) in [6.07, 6.45) is 0. The van der Waals surface area contributed by atoms with Crippen LogP contribution in [0.4, 0.5) is 0 Å². The second-order valence-corrected chi connectivity index (χ2v) is 9.12. The van der Waals surface area contributed by atoms with E-state index in [1.807, 2.05) is 24.3 Å². The first-order chi connectivity index (χ1) is 16.1. The lowest BCUT2D eigenvalue weighted by Crippen LogP contribution is -2.48. The van der Waals surface area contributed by atoms with Crippen LogP contribution in [0.5, 0.6) is 11.5 Å². The van der Waals surface area contributed by atoms with E-state index < -0.39 is 5.60 Å². The monoisotopic (exact) mass is 476 g/mol. The molecule has 0 bridgehead atoms. The summed E-state index contributed by atoms with van der Waals surface area (Å²) in [6.45, 7) is 8.01. The first kappa shape index (κ1) is 24.3. The normalized spacial score (nSPS) is 22.6. The van der Waals surface area contributed by atoms with Crippen LogP contribution in [0.1, 0.15) is 5.56 Å². The van der Waals surface area contributed by atoms with Crippen molar-refractivity contribution in [3.8, 4) is 11.5 Å². The molecule has 2 saturated heterocycles. The summed E-state index contributed by atoms with van der Waals surface area (Å²) in [4.78, 5) is 4.55. The van der Waals surface area contributed by atoms with Gasteiger partial charge in [-0.25, -0.2) is 0 Å². The van der Waals surface area contributed by atoms with E-state index in [0.717, 1.165) is 57.3 Å². The number of hydrogen-bond donors (Lipinski definition) is 1. The molecule has 0 radical (unpaired) electrons. The zero-order valence-corrected chi connectivity index (χ0v) is 19.7. The predicted octanol–water partition coefficient (Wildman–Crippen LogP) is 2.69. The van der Waals surface area contributed by atoms with Crippen molar-refractivity contribution in [2.24, 2.45) is 0 Å². The summed E-state index contributed by atoms with van der Waals surface area (Å²) in [5.41, 5.74) is 0.0667. The highest BCUT2D eigenvalue weighted by Crippen LogP contribution is 2.21. The SMILES string of the molecule is OC1(COc2cccc(Cl)c2)COCCN(Cc2ccc(OCCN3CCOCC3)cc2)C1. The number of rotatable bonds is 9. The summed E-state index contributed by atoms with van der Waals surface area (Å²) < 4.78 is 22.8. The van der Waals surface area contributed by atoms with Gasteiger partial charge in [-0.15, -0.1) is 0 Å². The van der Waals surface area contributed by atoms with Gasteiger partial charge in [0, 0.05) is 44.3 Å². The highest BCUT2D eigenvalue weighted by molar-refractivity contribution is 6.30. The van der Waals surface area contributed by atoms with Gasteiger partial charge in [0.15, 0.2) is 0 Å². The maximum absolute atomic E-state index is 11.1. The molecule has 0 spiro atoms. The predicted molar refractivity (Wildman–Crippen MR) is 127 cm³/mol. The van der Waals surface area contributed by atoms with E-state index >= 15 is 0 Å². The molecule has 2 fully saturated rings. The fourth-order valence-corrected chi connectivity index (χ4v) is 4.24. The molecule has 33 heavy (non-hydrogen) atoms. The van der Waals surface area contributed by atoms with Gasteiger partial charge in [0.1, 0.15) is 30.3 Å². The molecule has 2 aromatic rings. The number of ether oxygens (including phenoxy) is 4. The molecule has 2 aliphatic heterocycles. The lowest BCUT2D eigenvalue weighted by molar-refractivity contribution is -0.0646. The van der Waals surface area contributed by atoms with E-state index in [4.69, 9.17) is 30.5 Å².